The van der Waals surface area contributed by atoms with Gasteiger partial charge in [0.05, 0.1) is 0 Å². The van der Waals surface area contributed by atoms with E-state index in [2.05, 4.69) is 10.6 Å². The zero-order valence-corrected chi connectivity index (χ0v) is 10.4. The van der Waals surface area contributed by atoms with Crippen LogP contribution in [0.1, 0.15) is 44.9 Å². The van der Waals surface area contributed by atoms with Crippen molar-refractivity contribution in [2.75, 3.05) is 19.6 Å². The Bertz CT molecular complexity index is 223. The SMILES string of the molecule is C1CNCC(CCNC2CC3CCC2C3)C1. The Labute approximate surface area is 99.6 Å². The molecular weight excluding hydrogens is 196 g/mol. The van der Waals surface area contributed by atoms with Crippen LogP contribution in [0.15, 0.2) is 0 Å². The van der Waals surface area contributed by atoms with Crippen LogP contribution in [0, 0.1) is 17.8 Å². The number of nitrogens with one attached hydrogen (secondary N) is 2. The van der Waals surface area contributed by atoms with Gasteiger partial charge in [-0.25, -0.2) is 0 Å². The van der Waals surface area contributed by atoms with Gasteiger partial charge in [0, 0.05) is 6.04 Å². The van der Waals surface area contributed by atoms with E-state index in [1.807, 2.05) is 0 Å². The Balaban J connectivity index is 1.34. The van der Waals surface area contributed by atoms with Crippen molar-refractivity contribution in [1.82, 2.24) is 10.6 Å². The van der Waals surface area contributed by atoms with E-state index in [1.54, 1.807) is 0 Å². The maximum atomic E-state index is 3.83. The van der Waals surface area contributed by atoms with E-state index < -0.39 is 0 Å². The lowest BCUT2D eigenvalue weighted by Crippen LogP contribution is -2.37. The number of hydrogen-bond donors (Lipinski definition) is 2. The zero-order valence-electron chi connectivity index (χ0n) is 10.4. The standard InChI is InChI=1S/C14H26N2/c1-2-11(10-15-6-1)5-7-16-14-9-12-3-4-13(14)8-12/h11-16H,1-10H2. The van der Waals surface area contributed by atoms with E-state index in [-0.39, 0.29) is 0 Å². The number of fused-ring (bicyclic) bond motifs is 2. The molecule has 3 aliphatic rings. The Morgan fingerprint density at radius 3 is 2.81 bits per heavy atom. The van der Waals surface area contributed by atoms with Gasteiger partial charge in [-0.2, -0.15) is 0 Å². The maximum Gasteiger partial charge on any atom is 0.00980 e. The van der Waals surface area contributed by atoms with Gasteiger partial charge in [-0.1, -0.05) is 6.42 Å². The van der Waals surface area contributed by atoms with Crippen LogP contribution in [0.5, 0.6) is 0 Å². The highest BCUT2D eigenvalue weighted by atomic mass is 14.9. The smallest absolute Gasteiger partial charge is 0.00980 e. The molecule has 1 heterocycles. The van der Waals surface area contributed by atoms with Gasteiger partial charge in [0.2, 0.25) is 0 Å². The lowest BCUT2D eigenvalue weighted by atomic mass is 9.93. The molecule has 2 bridgehead atoms. The molecule has 4 unspecified atom stereocenters. The van der Waals surface area contributed by atoms with Crippen molar-refractivity contribution < 1.29 is 0 Å². The summed E-state index contributed by atoms with van der Waals surface area (Å²) < 4.78 is 0. The van der Waals surface area contributed by atoms with Crippen molar-refractivity contribution in [2.24, 2.45) is 17.8 Å². The fraction of sp³-hybridized carbons (Fsp3) is 1.00. The van der Waals surface area contributed by atoms with Crippen molar-refractivity contribution in [3.8, 4) is 0 Å². The first kappa shape index (κ1) is 11.0. The average Bonchev–Trinajstić information content (AvgIpc) is 2.92. The highest BCUT2D eigenvalue weighted by Crippen LogP contribution is 2.44. The Kier molecular flexibility index (Phi) is 3.49. The monoisotopic (exact) mass is 222 g/mol. The molecule has 92 valence electrons. The van der Waals surface area contributed by atoms with Crippen LogP contribution in [0.4, 0.5) is 0 Å². The van der Waals surface area contributed by atoms with Crippen LogP contribution in [0.3, 0.4) is 0 Å². The summed E-state index contributed by atoms with van der Waals surface area (Å²) in [6, 6.07) is 0.885. The predicted octanol–water partition coefficient (Wildman–Crippen LogP) is 2.15. The summed E-state index contributed by atoms with van der Waals surface area (Å²) in [5.74, 6) is 3.06. The van der Waals surface area contributed by atoms with Crippen molar-refractivity contribution in [3.63, 3.8) is 0 Å². The second-order valence-corrected chi connectivity index (χ2v) is 6.24. The molecule has 2 aliphatic carbocycles. The van der Waals surface area contributed by atoms with Crippen molar-refractivity contribution in [3.05, 3.63) is 0 Å². The summed E-state index contributed by atoms with van der Waals surface area (Å²) in [6.45, 7) is 3.77. The van der Waals surface area contributed by atoms with Crippen LogP contribution in [0.25, 0.3) is 0 Å². The lowest BCUT2D eigenvalue weighted by Gasteiger charge is -2.26. The van der Waals surface area contributed by atoms with Crippen LogP contribution in [-0.4, -0.2) is 25.7 Å². The van der Waals surface area contributed by atoms with Crippen molar-refractivity contribution in [2.45, 2.75) is 51.0 Å². The van der Waals surface area contributed by atoms with E-state index in [0.717, 1.165) is 23.8 Å². The maximum absolute atomic E-state index is 3.83. The molecule has 2 saturated carbocycles. The first-order valence-corrected chi connectivity index (χ1v) is 7.36. The molecule has 0 aromatic carbocycles. The fourth-order valence-corrected chi connectivity index (χ4v) is 4.14. The summed E-state index contributed by atoms with van der Waals surface area (Å²) in [5.41, 5.74) is 0. The van der Waals surface area contributed by atoms with E-state index in [1.165, 1.54) is 64.6 Å². The molecule has 2 N–H and O–H groups in total. The largest absolute Gasteiger partial charge is 0.316 e. The molecule has 2 nitrogen and oxygen atoms in total. The van der Waals surface area contributed by atoms with Crippen LogP contribution in [0.2, 0.25) is 0 Å². The first-order valence-electron chi connectivity index (χ1n) is 7.36. The molecule has 0 radical (unpaired) electrons. The topological polar surface area (TPSA) is 24.1 Å². The highest BCUT2D eigenvalue weighted by molar-refractivity contribution is 4.94. The molecule has 16 heavy (non-hydrogen) atoms. The molecule has 3 rings (SSSR count). The van der Waals surface area contributed by atoms with Gasteiger partial charge >= 0.3 is 0 Å². The van der Waals surface area contributed by atoms with E-state index in [9.17, 15) is 0 Å². The minimum atomic E-state index is 0.885. The molecule has 0 amide bonds. The second kappa shape index (κ2) is 5.05. The normalized spacial score (nSPS) is 42.8. The third-order valence-corrected chi connectivity index (χ3v) is 5.10. The fourth-order valence-electron chi connectivity index (χ4n) is 4.14. The van der Waals surface area contributed by atoms with Gasteiger partial charge in [0.1, 0.15) is 0 Å². The van der Waals surface area contributed by atoms with Gasteiger partial charge in [0.15, 0.2) is 0 Å². The van der Waals surface area contributed by atoms with E-state index >= 15 is 0 Å². The third-order valence-electron chi connectivity index (χ3n) is 5.10. The van der Waals surface area contributed by atoms with Crippen molar-refractivity contribution in [1.29, 1.82) is 0 Å². The van der Waals surface area contributed by atoms with Gasteiger partial charge in [-0.3, -0.25) is 0 Å². The first-order chi connectivity index (χ1) is 7.92. The number of hydrogen-bond acceptors (Lipinski definition) is 2. The quantitative estimate of drug-likeness (QED) is 0.761. The average molecular weight is 222 g/mol. The molecule has 0 aromatic heterocycles. The molecule has 4 atom stereocenters. The summed E-state index contributed by atoms with van der Waals surface area (Å²) >= 11 is 0. The van der Waals surface area contributed by atoms with Gasteiger partial charge < -0.3 is 10.6 Å². The Morgan fingerprint density at radius 1 is 1.12 bits per heavy atom. The van der Waals surface area contributed by atoms with Gasteiger partial charge in [0.25, 0.3) is 0 Å². The number of rotatable bonds is 4. The summed E-state index contributed by atoms with van der Waals surface area (Å²) in [7, 11) is 0. The lowest BCUT2D eigenvalue weighted by molar-refractivity contribution is 0.314. The van der Waals surface area contributed by atoms with Crippen LogP contribution >= 0.6 is 0 Å². The zero-order chi connectivity index (χ0) is 10.8. The Morgan fingerprint density at radius 2 is 2.12 bits per heavy atom. The third kappa shape index (κ3) is 2.43. The molecule has 0 spiro atoms. The van der Waals surface area contributed by atoms with Gasteiger partial charge in [-0.05, 0) is 75.9 Å². The molecular formula is C14H26N2. The van der Waals surface area contributed by atoms with Crippen LogP contribution in [-0.2, 0) is 0 Å². The minimum absolute atomic E-state index is 0.885. The van der Waals surface area contributed by atoms with Crippen molar-refractivity contribution >= 4 is 0 Å². The van der Waals surface area contributed by atoms with E-state index in [4.69, 9.17) is 0 Å². The minimum Gasteiger partial charge on any atom is -0.316 e. The van der Waals surface area contributed by atoms with Gasteiger partial charge in [-0.15, -0.1) is 0 Å². The number of piperidine rings is 1. The summed E-state index contributed by atoms with van der Waals surface area (Å²) in [5, 5.41) is 7.35. The predicted molar refractivity (Wildman–Crippen MR) is 67.4 cm³/mol. The molecule has 1 aliphatic heterocycles. The summed E-state index contributed by atoms with van der Waals surface area (Å²) in [4.78, 5) is 0. The molecule has 1 saturated heterocycles. The highest BCUT2D eigenvalue weighted by Gasteiger charge is 2.38. The molecule has 0 aromatic rings. The summed E-state index contributed by atoms with van der Waals surface area (Å²) in [6.07, 6.45) is 10.3. The van der Waals surface area contributed by atoms with E-state index in [0.29, 0.717) is 0 Å². The second-order valence-electron chi connectivity index (χ2n) is 6.24. The molecule has 3 fully saturated rings. The van der Waals surface area contributed by atoms with Crippen LogP contribution < -0.4 is 10.6 Å². The Hall–Kier alpha value is -0.0800. The molecule has 2 heteroatoms.